The van der Waals surface area contributed by atoms with Crippen molar-refractivity contribution < 1.29 is 4.79 Å². The summed E-state index contributed by atoms with van der Waals surface area (Å²) < 4.78 is 0. The molecule has 1 aromatic rings. The summed E-state index contributed by atoms with van der Waals surface area (Å²) >= 11 is 0. The monoisotopic (exact) mass is 260 g/mol. The first kappa shape index (κ1) is 15.2. The molecular formula is C14H20N4O. The van der Waals surface area contributed by atoms with Gasteiger partial charge in [-0.15, -0.1) is 0 Å². The average molecular weight is 260 g/mol. The molecule has 5 heteroatoms. The average Bonchev–Trinajstić information content (AvgIpc) is 2.41. The van der Waals surface area contributed by atoms with Crippen LogP contribution in [0.5, 0.6) is 0 Å². The Morgan fingerprint density at radius 2 is 2.11 bits per heavy atom. The zero-order valence-corrected chi connectivity index (χ0v) is 11.4. The number of amides is 1. The molecular weight excluding hydrogens is 240 g/mol. The third kappa shape index (κ3) is 4.70. The first-order valence-corrected chi connectivity index (χ1v) is 6.22. The van der Waals surface area contributed by atoms with Crippen LogP contribution in [0.1, 0.15) is 24.5 Å². The highest BCUT2D eigenvalue weighted by atomic mass is 16.2. The summed E-state index contributed by atoms with van der Waals surface area (Å²) in [5, 5.41) is 8.71. The number of nitriles is 1. The van der Waals surface area contributed by atoms with Crippen LogP contribution >= 0.6 is 0 Å². The Bertz CT molecular complexity index is 467. The van der Waals surface area contributed by atoms with Gasteiger partial charge in [0.05, 0.1) is 18.9 Å². The molecule has 1 rings (SSSR count). The van der Waals surface area contributed by atoms with Crippen LogP contribution < -0.4 is 11.3 Å². The number of nitrogens with zero attached hydrogens (tertiary/aromatic N) is 2. The number of hydrogen-bond acceptors (Lipinski definition) is 4. The van der Waals surface area contributed by atoms with Gasteiger partial charge in [-0.3, -0.25) is 15.1 Å². The third-order valence-electron chi connectivity index (χ3n) is 3.19. The first-order valence-electron chi connectivity index (χ1n) is 6.22. The Balaban J connectivity index is 2.78. The van der Waals surface area contributed by atoms with Crippen LogP contribution in [0, 0.1) is 11.3 Å². The fraction of sp³-hybridized carbons (Fsp3) is 0.429. The van der Waals surface area contributed by atoms with E-state index in [0.29, 0.717) is 13.0 Å². The van der Waals surface area contributed by atoms with Crippen molar-refractivity contribution in [2.24, 2.45) is 5.84 Å². The summed E-state index contributed by atoms with van der Waals surface area (Å²) in [7, 11) is 1.97. The third-order valence-corrected chi connectivity index (χ3v) is 3.19. The summed E-state index contributed by atoms with van der Waals surface area (Å²) in [6, 6.07) is 10.1. The fourth-order valence-corrected chi connectivity index (χ4v) is 1.82. The zero-order chi connectivity index (χ0) is 14.3. The Labute approximate surface area is 114 Å². The van der Waals surface area contributed by atoms with Crippen molar-refractivity contribution in [2.45, 2.75) is 32.4 Å². The normalized spacial score (nSPS) is 11.9. The lowest BCUT2D eigenvalue weighted by Crippen LogP contribution is -2.32. The number of benzene rings is 1. The highest BCUT2D eigenvalue weighted by Crippen LogP contribution is 2.14. The zero-order valence-electron chi connectivity index (χ0n) is 11.4. The van der Waals surface area contributed by atoms with Crippen LogP contribution in [0.2, 0.25) is 0 Å². The molecule has 19 heavy (non-hydrogen) atoms. The number of hydrazine groups is 1. The van der Waals surface area contributed by atoms with E-state index in [1.165, 1.54) is 0 Å². The van der Waals surface area contributed by atoms with E-state index in [9.17, 15) is 4.79 Å². The minimum atomic E-state index is -0.208. The molecule has 1 aromatic carbocycles. The summed E-state index contributed by atoms with van der Waals surface area (Å²) in [5.41, 5.74) is 4.18. The minimum absolute atomic E-state index is 0.182. The van der Waals surface area contributed by atoms with E-state index in [1.807, 2.05) is 38.2 Å². The van der Waals surface area contributed by atoms with Crippen LogP contribution in [0.3, 0.4) is 0 Å². The molecule has 0 heterocycles. The van der Waals surface area contributed by atoms with Gasteiger partial charge in [-0.25, -0.2) is 5.84 Å². The van der Waals surface area contributed by atoms with E-state index in [0.717, 1.165) is 11.1 Å². The second-order valence-corrected chi connectivity index (χ2v) is 4.64. The number of carbonyl (C=O) groups is 1. The van der Waals surface area contributed by atoms with Crippen molar-refractivity contribution in [2.75, 3.05) is 7.05 Å². The van der Waals surface area contributed by atoms with Crippen LogP contribution in [0.15, 0.2) is 24.3 Å². The van der Waals surface area contributed by atoms with Crippen LogP contribution in [0.25, 0.3) is 0 Å². The van der Waals surface area contributed by atoms with Crippen molar-refractivity contribution in [1.82, 2.24) is 10.3 Å². The SMILES string of the molecule is CC(CC#N)N(C)Cc1ccccc1CC(=O)NN. The van der Waals surface area contributed by atoms with Crippen LogP contribution in [0.4, 0.5) is 0 Å². The molecule has 0 fully saturated rings. The van der Waals surface area contributed by atoms with Crippen molar-refractivity contribution in [3.63, 3.8) is 0 Å². The van der Waals surface area contributed by atoms with Gasteiger partial charge in [0.1, 0.15) is 0 Å². The fourth-order valence-electron chi connectivity index (χ4n) is 1.82. The molecule has 0 bridgehead atoms. The number of rotatable bonds is 6. The van der Waals surface area contributed by atoms with E-state index < -0.39 is 0 Å². The second kappa shape index (κ2) is 7.52. The second-order valence-electron chi connectivity index (χ2n) is 4.64. The molecule has 0 radical (unpaired) electrons. The number of nitrogens with two attached hydrogens (primary N) is 1. The molecule has 0 aliphatic carbocycles. The minimum Gasteiger partial charge on any atom is -0.298 e. The summed E-state index contributed by atoms with van der Waals surface area (Å²) in [4.78, 5) is 13.5. The summed E-state index contributed by atoms with van der Waals surface area (Å²) in [6.45, 7) is 2.72. The van der Waals surface area contributed by atoms with Crippen LogP contribution in [-0.4, -0.2) is 23.9 Å². The van der Waals surface area contributed by atoms with Crippen molar-refractivity contribution in [3.8, 4) is 6.07 Å². The molecule has 0 aliphatic heterocycles. The maximum atomic E-state index is 11.4. The van der Waals surface area contributed by atoms with E-state index >= 15 is 0 Å². The summed E-state index contributed by atoms with van der Waals surface area (Å²) in [6.07, 6.45) is 0.759. The molecule has 0 aliphatic rings. The highest BCUT2D eigenvalue weighted by Gasteiger charge is 2.12. The largest absolute Gasteiger partial charge is 0.298 e. The smallest absolute Gasteiger partial charge is 0.238 e. The van der Waals surface area contributed by atoms with Gasteiger partial charge in [0.15, 0.2) is 0 Å². The van der Waals surface area contributed by atoms with Crippen LogP contribution in [-0.2, 0) is 17.8 Å². The molecule has 0 aromatic heterocycles. The standard InChI is InChI=1S/C14H20N4O/c1-11(7-8-15)18(2)10-13-6-4-3-5-12(13)9-14(19)17-16/h3-6,11H,7,9-10,16H2,1-2H3,(H,17,19). The first-order chi connectivity index (χ1) is 9.08. The lowest BCUT2D eigenvalue weighted by atomic mass is 10.0. The molecule has 0 saturated carbocycles. The van der Waals surface area contributed by atoms with Gasteiger partial charge < -0.3 is 0 Å². The molecule has 1 unspecified atom stereocenters. The van der Waals surface area contributed by atoms with E-state index in [2.05, 4.69) is 16.4 Å². The molecule has 0 spiro atoms. The molecule has 1 amide bonds. The lowest BCUT2D eigenvalue weighted by molar-refractivity contribution is -0.120. The van der Waals surface area contributed by atoms with Gasteiger partial charge in [-0.2, -0.15) is 5.26 Å². The summed E-state index contributed by atoms with van der Waals surface area (Å²) in [5.74, 6) is 4.90. The Hall–Kier alpha value is -1.90. The number of hydrogen-bond donors (Lipinski definition) is 2. The van der Waals surface area contributed by atoms with Crippen molar-refractivity contribution >= 4 is 5.91 Å². The lowest BCUT2D eigenvalue weighted by Gasteiger charge is -2.23. The quantitative estimate of drug-likeness (QED) is 0.453. The van der Waals surface area contributed by atoms with Gasteiger partial charge in [0.25, 0.3) is 0 Å². The predicted octanol–water partition coefficient (Wildman–Crippen LogP) is 0.953. The molecule has 5 nitrogen and oxygen atoms in total. The van der Waals surface area contributed by atoms with E-state index in [1.54, 1.807) is 0 Å². The Kier molecular flexibility index (Phi) is 6.00. The van der Waals surface area contributed by atoms with Crippen molar-refractivity contribution in [3.05, 3.63) is 35.4 Å². The van der Waals surface area contributed by atoms with Gasteiger partial charge in [0.2, 0.25) is 5.91 Å². The van der Waals surface area contributed by atoms with Gasteiger partial charge in [0, 0.05) is 12.6 Å². The maximum Gasteiger partial charge on any atom is 0.238 e. The van der Waals surface area contributed by atoms with Crippen molar-refractivity contribution in [1.29, 1.82) is 5.26 Å². The topological polar surface area (TPSA) is 82.2 Å². The highest BCUT2D eigenvalue weighted by molar-refractivity contribution is 5.78. The molecule has 3 N–H and O–H groups in total. The van der Waals surface area contributed by atoms with E-state index in [-0.39, 0.29) is 18.4 Å². The predicted molar refractivity (Wildman–Crippen MR) is 73.6 cm³/mol. The number of nitrogens with one attached hydrogen (secondary N) is 1. The van der Waals surface area contributed by atoms with Gasteiger partial charge in [-0.1, -0.05) is 24.3 Å². The Morgan fingerprint density at radius 1 is 1.47 bits per heavy atom. The molecule has 1 atom stereocenters. The maximum absolute atomic E-state index is 11.4. The van der Waals surface area contributed by atoms with Gasteiger partial charge >= 0.3 is 0 Å². The number of carbonyl (C=O) groups excluding carboxylic acids is 1. The van der Waals surface area contributed by atoms with E-state index in [4.69, 9.17) is 11.1 Å². The van der Waals surface area contributed by atoms with Gasteiger partial charge in [-0.05, 0) is 25.1 Å². The molecule has 102 valence electrons. The molecule has 0 saturated heterocycles. The Morgan fingerprint density at radius 3 is 2.68 bits per heavy atom.